The highest BCUT2D eigenvalue weighted by molar-refractivity contribution is 8.00. The molecule has 1 aromatic heterocycles. The third-order valence-corrected chi connectivity index (χ3v) is 5.43. The number of hydrogen-bond donors (Lipinski definition) is 1. The van der Waals surface area contributed by atoms with Gasteiger partial charge in [-0.25, -0.2) is 4.98 Å². The Hall–Kier alpha value is -2.93. The number of carbonyl (C=O) groups excluding carboxylic acids is 1. The minimum atomic E-state index is -0.320. The Morgan fingerprint density at radius 1 is 1.18 bits per heavy atom. The van der Waals surface area contributed by atoms with Gasteiger partial charge in [-0.2, -0.15) is 0 Å². The van der Waals surface area contributed by atoms with E-state index in [-0.39, 0.29) is 11.2 Å². The largest absolute Gasteiger partial charge is 0.486 e. The molecule has 144 valence electrons. The van der Waals surface area contributed by atoms with Crippen molar-refractivity contribution in [1.82, 2.24) is 9.55 Å². The number of nitrogens with zero attached hydrogens (tertiary/aromatic N) is 2. The summed E-state index contributed by atoms with van der Waals surface area (Å²) < 4.78 is 13.1. The molecule has 0 fully saturated rings. The number of fused-ring (bicyclic) bond motifs is 1. The first-order valence-electron chi connectivity index (χ1n) is 9.08. The van der Waals surface area contributed by atoms with Gasteiger partial charge in [0, 0.05) is 29.8 Å². The van der Waals surface area contributed by atoms with Crippen molar-refractivity contribution in [2.45, 2.75) is 24.3 Å². The third-order valence-electron chi connectivity index (χ3n) is 4.35. The number of rotatable bonds is 5. The van der Waals surface area contributed by atoms with Gasteiger partial charge in [-0.1, -0.05) is 23.9 Å². The van der Waals surface area contributed by atoms with Crippen LogP contribution in [0.2, 0.25) is 0 Å². The van der Waals surface area contributed by atoms with Crippen molar-refractivity contribution in [3.8, 4) is 17.2 Å². The standard InChI is InChI=1S/C21H21N3O3S/c1-14-4-3-5-17(12-14)24-9-8-22-21(24)28-15(2)20(25)23-16-6-7-18-19(13-16)27-11-10-26-18/h3-9,12-13,15H,10-11H2,1-2H3,(H,23,25). The van der Waals surface area contributed by atoms with Crippen LogP contribution in [0.3, 0.4) is 0 Å². The molecule has 0 saturated carbocycles. The number of imidazole rings is 1. The maximum atomic E-state index is 12.7. The van der Waals surface area contributed by atoms with Gasteiger partial charge in [0.2, 0.25) is 5.91 Å². The Labute approximate surface area is 167 Å². The van der Waals surface area contributed by atoms with Gasteiger partial charge in [0.15, 0.2) is 16.7 Å². The van der Waals surface area contributed by atoms with Crippen molar-refractivity contribution in [2.24, 2.45) is 0 Å². The Bertz CT molecular complexity index is 1000. The second kappa shape index (κ2) is 7.98. The number of benzene rings is 2. The van der Waals surface area contributed by atoms with Crippen molar-refractivity contribution in [2.75, 3.05) is 18.5 Å². The summed E-state index contributed by atoms with van der Waals surface area (Å²) in [5.41, 5.74) is 2.88. The fourth-order valence-corrected chi connectivity index (χ4v) is 3.81. The fourth-order valence-electron chi connectivity index (χ4n) is 2.93. The number of nitrogens with one attached hydrogen (secondary N) is 1. The van der Waals surface area contributed by atoms with Crippen molar-refractivity contribution in [1.29, 1.82) is 0 Å². The Kier molecular flexibility index (Phi) is 5.25. The molecule has 0 spiro atoms. The van der Waals surface area contributed by atoms with Crippen LogP contribution in [0.15, 0.2) is 60.0 Å². The summed E-state index contributed by atoms with van der Waals surface area (Å²) in [6.07, 6.45) is 3.65. The number of anilines is 1. The molecular weight excluding hydrogens is 374 g/mol. The van der Waals surface area contributed by atoms with E-state index in [1.54, 1.807) is 12.3 Å². The predicted octanol–water partition coefficient (Wildman–Crippen LogP) is 4.07. The number of ether oxygens (including phenoxy) is 2. The second-order valence-corrected chi connectivity index (χ2v) is 7.83. The third kappa shape index (κ3) is 3.99. The van der Waals surface area contributed by atoms with Crippen LogP contribution in [-0.2, 0) is 4.79 Å². The molecule has 1 aliphatic rings. The predicted molar refractivity (Wildman–Crippen MR) is 110 cm³/mol. The van der Waals surface area contributed by atoms with Crippen molar-refractivity contribution >= 4 is 23.4 Å². The fraction of sp³-hybridized carbons (Fsp3) is 0.238. The molecule has 1 atom stereocenters. The van der Waals surface area contributed by atoms with Crippen molar-refractivity contribution < 1.29 is 14.3 Å². The van der Waals surface area contributed by atoms with E-state index in [0.29, 0.717) is 30.4 Å². The quantitative estimate of drug-likeness (QED) is 0.660. The van der Waals surface area contributed by atoms with E-state index < -0.39 is 0 Å². The summed E-state index contributed by atoms with van der Waals surface area (Å²) in [4.78, 5) is 17.1. The zero-order valence-corrected chi connectivity index (χ0v) is 16.5. The molecule has 1 amide bonds. The van der Waals surface area contributed by atoms with Crippen LogP contribution in [0.25, 0.3) is 5.69 Å². The van der Waals surface area contributed by atoms with E-state index >= 15 is 0 Å². The van der Waals surface area contributed by atoms with Crippen LogP contribution >= 0.6 is 11.8 Å². The van der Waals surface area contributed by atoms with E-state index in [2.05, 4.69) is 29.4 Å². The lowest BCUT2D eigenvalue weighted by molar-refractivity contribution is -0.115. The van der Waals surface area contributed by atoms with Crippen LogP contribution in [-0.4, -0.2) is 33.9 Å². The van der Waals surface area contributed by atoms with E-state index in [0.717, 1.165) is 10.8 Å². The molecule has 2 heterocycles. The van der Waals surface area contributed by atoms with E-state index in [9.17, 15) is 4.79 Å². The molecule has 28 heavy (non-hydrogen) atoms. The summed E-state index contributed by atoms with van der Waals surface area (Å²) in [5.74, 6) is 1.26. The Balaban J connectivity index is 1.45. The normalized spacial score (nSPS) is 13.8. The summed E-state index contributed by atoms with van der Waals surface area (Å²) >= 11 is 1.42. The highest BCUT2D eigenvalue weighted by Crippen LogP contribution is 2.33. The zero-order valence-electron chi connectivity index (χ0n) is 15.7. The zero-order chi connectivity index (χ0) is 19.5. The molecule has 2 aromatic carbocycles. The first kappa shape index (κ1) is 18.4. The monoisotopic (exact) mass is 395 g/mol. The van der Waals surface area contributed by atoms with Crippen LogP contribution in [0.1, 0.15) is 12.5 Å². The topological polar surface area (TPSA) is 65.4 Å². The van der Waals surface area contributed by atoms with E-state index in [1.165, 1.54) is 17.3 Å². The molecule has 0 aliphatic carbocycles. The highest BCUT2D eigenvalue weighted by atomic mass is 32.2. The summed E-state index contributed by atoms with van der Waals surface area (Å²) in [7, 11) is 0. The van der Waals surface area contributed by atoms with Gasteiger partial charge < -0.3 is 14.8 Å². The van der Waals surface area contributed by atoms with Gasteiger partial charge >= 0.3 is 0 Å². The van der Waals surface area contributed by atoms with Gasteiger partial charge in [-0.15, -0.1) is 0 Å². The highest BCUT2D eigenvalue weighted by Gasteiger charge is 2.19. The summed E-state index contributed by atoms with van der Waals surface area (Å²) in [6.45, 7) is 4.97. The van der Waals surface area contributed by atoms with Gasteiger partial charge in [-0.05, 0) is 43.7 Å². The summed E-state index contributed by atoms with van der Waals surface area (Å²) in [5, 5.41) is 3.39. The molecule has 0 radical (unpaired) electrons. The van der Waals surface area contributed by atoms with Gasteiger partial charge in [-0.3, -0.25) is 9.36 Å². The van der Waals surface area contributed by atoms with Gasteiger partial charge in [0.05, 0.1) is 5.25 Å². The number of carbonyl (C=O) groups is 1. The van der Waals surface area contributed by atoms with Crippen LogP contribution in [0.4, 0.5) is 5.69 Å². The number of aromatic nitrogens is 2. The van der Waals surface area contributed by atoms with Crippen molar-refractivity contribution in [3.05, 3.63) is 60.4 Å². The second-order valence-electron chi connectivity index (χ2n) is 6.53. The molecule has 1 unspecified atom stereocenters. The molecule has 4 rings (SSSR count). The Morgan fingerprint density at radius 2 is 2.00 bits per heavy atom. The SMILES string of the molecule is Cc1cccc(-n2ccnc2SC(C)C(=O)Nc2ccc3c(c2)OCCO3)c1. The molecule has 6 nitrogen and oxygen atoms in total. The number of amides is 1. The van der Waals surface area contributed by atoms with Gasteiger partial charge in [0.25, 0.3) is 0 Å². The number of hydrogen-bond acceptors (Lipinski definition) is 5. The smallest absolute Gasteiger partial charge is 0.237 e. The molecule has 0 saturated heterocycles. The lowest BCUT2D eigenvalue weighted by Crippen LogP contribution is -2.23. The average Bonchev–Trinajstić information content (AvgIpc) is 3.16. The van der Waals surface area contributed by atoms with Crippen LogP contribution in [0, 0.1) is 6.92 Å². The molecule has 0 bridgehead atoms. The number of thioether (sulfide) groups is 1. The van der Waals surface area contributed by atoms with Gasteiger partial charge in [0.1, 0.15) is 13.2 Å². The minimum Gasteiger partial charge on any atom is -0.486 e. The molecule has 7 heteroatoms. The molecule has 3 aromatic rings. The number of aryl methyl sites for hydroxylation is 1. The minimum absolute atomic E-state index is 0.0968. The van der Waals surface area contributed by atoms with E-state index in [4.69, 9.17) is 9.47 Å². The Morgan fingerprint density at radius 3 is 2.82 bits per heavy atom. The maximum Gasteiger partial charge on any atom is 0.237 e. The lowest BCUT2D eigenvalue weighted by Gasteiger charge is -2.19. The molecular formula is C21H21N3O3S. The average molecular weight is 395 g/mol. The maximum absolute atomic E-state index is 12.7. The van der Waals surface area contributed by atoms with Crippen LogP contribution in [0.5, 0.6) is 11.5 Å². The van der Waals surface area contributed by atoms with E-state index in [1.807, 2.05) is 42.0 Å². The first-order chi connectivity index (χ1) is 13.6. The summed E-state index contributed by atoms with van der Waals surface area (Å²) in [6, 6.07) is 13.6. The molecule has 1 N–H and O–H groups in total. The van der Waals surface area contributed by atoms with Crippen molar-refractivity contribution in [3.63, 3.8) is 0 Å². The molecule has 1 aliphatic heterocycles. The lowest BCUT2D eigenvalue weighted by atomic mass is 10.2. The first-order valence-corrected chi connectivity index (χ1v) is 9.96. The van der Waals surface area contributed by atoms with Crippen LogP contribution < -0.4 is 14.8 Å².